The number of methoxy groups -OCH3 is 1. The van der Waals surface area contributed by atoms with Gasteiger partial charge in [0.15, 0.2) is 0 Å². The minimum Gasteiger partial charge on any atom is -0.496 e. The molecule has 0 radical (unpaired) electrons. The van der Waals surface area contributed by atoms with Gasteiger partial charge in [0.1, 0.15) is 5.75 Å². The van der Waals surface area contributed by atoms with Crippen molar-refractivity contribution in [1.29, 1.82) is 0 Å². The highest BCUT2D eigenvalue weighted by atomic mass is 16.5. The molecule has 0 saturated carbocycles. The Morgan fingerprint density at radius 1 is 1.04 bits per heavy atom. The monoisotopic (exact) mass is 307 g/mol. The van der Waals surface area contributed by atoms with E-state index in [4.69, 9.17) is 4.74 Å². The summed E-state index contributed by atoms with van der Waals surface area (Å²) in [6.07, 6.45) is 2.81. The lowest BCUT2D eigenvalue weighted by molar-refractivity contribution is 0.416. The maximum Gasteiger partial charge on any atom is 0.252 e. The molecule has 1 aromatic heterocycles. The molecule has 3 aromatic rings. The van der Waals surface area contributed by atoms with Gasteiger partial charge in [-0.3, -0.25) is 4.79 Å². The Morgan fingerprint density at radius 3 is 2.57 bits per heavy atom. The summed E-state index contributed by atoms with van der Waals surface area (Å²) in [5, 5.41) is 1.06. The molecule has 0 fully saturated rings. The fraction of sp³-hybridized carbons (Fsp3) is 0.250. The summed E-state index contributed by atoms with van der Waals surface area (Å²) in [6, 6.07) is 15.8. The molecule has 3 heteroatoms. The zero-order chi connectivity index (χ0) is 16.2. The smallest absolute Gasteiger partial charge is 0.252 e. The van der Waals surface area contributed by atoms with Crippen molar-refractivity contribution in [2.24, 2.45) is 0 Å². The van der Waals surface area contributed by atoms with Gasteiger partial charge in [-0.05, 0) is 25.0 Å². The highest BCUT2D eigenvalue weighted by Crippen LogP contribution is 2.36. The quantitative estimate of drug-likeness (QED) is 0.751. The maximum absolute atomic E-state index is 12.6. The van der Waals surface area contributed by atoms with Crippen LogP contribution in [0.25, 0.3) is 22.0 Å². The van der Waals surface area contributed by atoms with E-state index in [9.17, 15) is 4.79 Å². The van der Waals surface area contributed by atoms with E-state index < -0.39 is 0 Å². The molecule has 0 aliphatic rings. The van der Waals surface area contributed by atoms with Gasteiger partial charge in [0, 0.05) is 27.6 Å². The summed E-state index contributed by atoms with van der Waals surface area (Å²) in [7, 11) is 1.67. The summed E-state index contributed by atoms with van der Waals surface area (Å²) in [6.45, 7) is 2.14. The molecule has 0 bridgehead atoms. The molecular weight excluding hydrogens is 286 g/mol. The number of H-pyrrole nitrogens is 1. The van der Waals surface area contributed by atoms with E-state index >= 15 is 0 Å². The topological polar surface area (TPSA) is 42.1 Å². The Hall–Kier alpha value is -2.55. The van der Waals surface area contributed by atoms with Crippen LogP contribution in [0.3, 0.4) is 0 Å². The van der Waals surface area contributed by atoms with Crippen molar-refractivity contribution in [2.75, 3.05) is 7.11 Å². The number of nitrogens with one attached hydrogen (secondary N) is 1. The fourth-order valence-electron chi connectivity index (χ4n) is 3.03. The molecule has 0 amide bonds. The number of unbranched alkanes of at least 4 members (excludes halogenated alkanes) is 1. The molecular formula is C20H21NO2. The lowest BCUT2D eigenvalue weighted by Gasteiger charge is -2.15. The van der Waals surface area contributed by atoms with Crippen molar-refractivity contribution in [3.63, 3.8) is 0 Å². The number of aromatic nitrogens is 1. The lowest BCUT2D eigenvalue weighted by Crippen LogP contribution is -2.15. The van der Waals surface area contributed by atoms with Crippen LogP contribution in [0.5, 0.6) is 5.75 Å². The van der Waals surface area contributed by atoms with Crippen LogP contribution in [0, 0.1) is 0 Å². The van der Waals surface area contributed by atoms with Crippen molar-refractivity contribution in [3.05, 3.63) is 64.4 Å². The van der Waals surface area contributed by atoms with Crippen LogP contribution < -0.4 is 10.3 Å². The highest BCUT2D eigenvalue weighted by molar-refractivity contribution is 5.97. The van der Waals surface area contributed by atoms with Gasteiger partial charge in [0.2, 0.25) is 0 Å². The second-order valence-corrected chi connectivity index (χ2v) is 5.66. The van der Waals surface area contributed by atoms with Gasteiger partial charge in [-0.1, -0.05) is 49.7 Å². The fourth-order valence-corrected chi connectivity index (χ4v) is 3.03. The third-order valence-corrected chi connectivity index (χ3v) is 4.18. The number of benzene rings is 2. The average molecular weight is 307 g/mol. The number of pyridine rings is 1. The average Bonchev–Trinajstić information content (AvgIpc) is 2.59. The standard InChI is InChI=1S/C20H21NO2/c1-3-4-9-16-19(15-11-6-8-13-18(15)23-2)14-10-5-7-12-17(14)21-20(16)22/h5-8,10-13H,3-4,9H2,1-2H3,(H,21,22). The van der Waals surface area contributed by atoms with Crippen molar-refractivity contribution in [3.8, 4) is 16.9 Å². The molecule has 3 rings (SSSR count). The minimum atomic E-state index is -0.00180. The van der Waals surface area contributed by atoms with Crippen LogP contribution >= 0.6 is 0 Å². The lowest BCUT2D eigenvalue weighted by atomic mass is 9.93. The Morgan fingerprint density at radius 2 is 1.78 bits per heavy atom. The molecule has 0 saturated heterocycles. The van der Waals surface area contributed by atoms with Gasteiger partial charge in [0.25, 0.3) is 5.56 Å². The summed E-state index contributed by atoms with van der Waals surface area (Å²) in [5.74, 6) is 0.793. The number of aromatic amines is 1. The van der Waals surface area contributed by atoms with Crippen molar-refractivity contribution < 1.29 is 4.74 Å². The van der Waals surface area contributed by atoms with Gasteiger partial charge in [-0.15, -0.1) is 0 Å². The van der Waals surface area contributed by atoms with Crippen LogP contribution in [0.2, 0.25) is 0 Å². The predicted molar refractivity (Wildman–Crippen MR) is 95.2 cm³/mol. The van der Waals surface area contributed by atoms with E-state index in [2.05, 4.69) is 18.0 Å². The van der Waals surface area contributed by atoms with Gasteiger partial charge >= 0.3 is 0 Å². The van der Waals surface area contributed by atoms with Gasteiger partial charge in [-0.25, -0.2) is 0 Å². The third kappa shape index (κ3) is 2.87. The number of hydrogen-bond donors (Lipinski definition) is 1. The first-order chi connectivity index (χ1) is 11.3. The van der Waals surface area contributed by atoms with Gasteiger partial charge in [0.05, 0.1) is 7.11 Å². The first-order valence-electron chi connectivity index (χ1n) is 8.03. The highest BCUT2D eigenvalue weighted by Gasteiger charge is 2.16. The van der Waals surface area contributed by atoms with Gasteiger partial charge in [-0.2, -0.15) is 0 Å². The number of ether oxygens (including phenoxy) is 1. The summed E-state index contributed by atoms with van der Waals surface area (Å²) in [5.41, 5.74) is 3.67. The molecule has 23 heavy (non-hydrogen) atoms. The first kappa shape index (κ1) is 15.3. The predicted octanol–water partition coefficient (Wildman–Crippen LogP) is 4.55. The normalized spacial score (nSPS) is 10.9. The van der Waals surface area contributed by atoms with E-state index in [1.54, 1.807) is 7.11 Å². The van der Waals surface area contributed by atoms with Crippen LogP contribution in [-0.4, -0.2) is 12.1 Å². The molecule has 1 N–H and O–H groups in total. The van der Waals surface area contributed by atoms with E-state index in [-0.39, 0.29) is 5.56 Å². The summed E-state index contributed by atoms with van der Waals surface area (Å²) in [4.78, 5) is 15.7. The molecule has 0 aliphatic carbocycles. The molecule has 3 nitrogen and oxygen atoms in total. The van der Waals surface area contributed by atoms with E-state index in [1.807, 2.05) is 42.5 Å². The van der Waals surface area contributed by atoms with Crippen LogP contribution in [0.4, 0.5) is 0 Å². The Balaban J connectivity index is 2.37. The zero-order valence-corrected chi connectivity index (χ0v) is 13.6. The van der Waals surface area contributed by atoms with Crippen molar-refractivity contribution >= 4 is 10.9 Å². The summed E-state index contributed by atoms with van der Waals surface area (Å²) < 4.78 is 5.54. The van der Waals surface area contributed by atoms with E-state index in [0.717, 1.165) is 52.6 Å². The van der Waals surface area contributed by atoms with Crippen LogP contribution in [0.1, 0.15) is 25.3 Å². The molecule has 0 atom stereocenters. The van der Waals surface area contributed by atoms with E-state index in [1.165, 1.54) is 0 Å². The Kier molecular flexibility index (Phi) is 4.47. The maximum atomic E-state index is 12.6. The number of para-hydroxylation sites is 2. The van der Waals surface area contributed by atoms with Crippen molar-refractivity contribution in [1.82, 2.24) is 4.98 Å². The first-order valence-corrected chi connectivity index (χ1v) is 8.03. The second-order valence-electron chi connectivity index (χ2n) is 5.66. The second kappa shape index (κ2) is 6.69. The largest absolute Gasteiger partial charge is 0.496 e. The Bertz CT molecular complexity index is 880. The van der Waals surface area contributed by atoms with Crippen LogP contribution in [-0.2, 0) is 6.42 Å². The number of fused-ring (bicyclic) bond motifs is 1. The number of hydrogen-bond acceptors (Lipinski definition) is 2. The zero-order valence-electron chi connectivity index (χ0n) is 13.6. The number of rotatable bonds is 5. The molecule has 1 heterocycles. The Labute approximate surface area is 135 Å². The molecule has 118 valence electrons. The molecule has 0 unspecified atom stereocenters. The molecule has 2 aromatic carbocycles. The SMILES string of the molecule is CCCCc1c(-c2ccccc2OC)c2ccccc2[nH]c1=O. The minimum absolute atomic E-state index is 0.00180. The third-order valence-electron chi connectivity index (χ3n) is 4.18. The van der Waals surface area contributed by atoms with Crippen molar-refractivity contribution in [2.45, 2.75) is 26.2 Å². The van der Waals surface area contributed by atoms with E-state index in [0.29, 0.717) is 0 Å². The van der Waals surface area contributed by atoms with Crippen LogP contribution in [0.15, 0.2) is 53.3 Å². The van der Waals surface area contributed by atoms with Gasteiger partial charge < -0.3 is 9.72 Å². The molecule has 0 aliphatic heterocycles. The summed E-state index contributed by atoms with van der Waals surface area (Å²) >= 11 is 0. The molecule has 0 spiro atoms.